The second kappa shape index (κ2) is 5.60. The van der Waals surface area contributed by atoms with Crippen molar-refractivity contribution in [3.05, 3.63) is 0 Å². The Kier molecular flexibility index (Phi) is 4.72. The van der Waals surface area contributed by atoms with Crippen LogP contribution < -0.4 is 10.6 Å². The summed E-state index contributed by atoms with van der Waals surface area (Å²) in [5.41, 5.74) is -4.21. The lowest BCUT2D eigenvalue weighted by atomic mass is 10.1. The molecule has 1 aliphatic heterocycles. The molecule has 0 aromatic carbocycles. The van der Waals surface area contributed by atoms with Gasteiger partial charge in [0.1, 0.15) is 0 Å². The molecule has 0 aliphatic carbocycles. The van der Waals surface area contributed by atoms with Crippen LogP contribution in [0.25, 0.3) is 0 Å². The number of halogens is 3. The van der Waals surface area contributed by atoms with Gasteiger partial charge < -0.3 is 10.6 Å². The molecule has 1 rings (SSSR count). The summed E-state index contributed by atoms with van der Waals surface area (Å²) in [5, 5.41) is 5.52. The lowest BCUT2D eigenvalue weighted by Crippen LogP contribution is -2.33. The van der Waals surface area contributed by atoms with Gasteiger partial charge in [0.25, 0.3) is 0 Å². The van der Waals surface area contributed by atoms with E-state index in [4.69, 9.17) is 0 Å². The molecule has 1 aliphatic rings. The third-order valence-corrected chi connectivity index (χ3v) is 2.83. The molecule has 0 bridgehead atoms. The summed E-state index contributed by atoms with van der Waals surface area (Å²) >= 11 is -0.112. The second-order valence-electron chi connectivity index (χ2n) is 3.27. The highest BCUT2D eigenvalue weighted by atomic mass is 32.2. The molecule has 0 aromatic heterocycles. The Morgan fingerprint density at radius 3 is 2.80 bits per heavy atom. The van der Waals surface area contributed by atoms with Gasteiger partial charge in [-0.2, -0.15) is 13.2 Å². The fourth-order valence-electron chi connectivity index (χ4n) is 1.36. The van der Waals surface area contributed by atoms with Crippen LogP contribution in [0.4, 0.5) is 13.2 Å². The van der Waals surface area contributed by atoms with Crippen molar-refractivity contribution in [2.75, 3.05) is 25.4 Å². The molecular formula is C8H13F3N2OS. The first-order valence-corrected chi connectivity index (χ1v) is 5.67. The van der Waals surface area contributed by atoms with Gasteiger partial charge in [0.15, 0.2) is 0 Å². The van der Waals surface area contributed by atoms with Crippen LogP contribution in [0, 0.1) is 5.92 Å². The maximum Gasteiger partial charge on any atom is 0.441 e. The van der Waals surface area contributed by atoms with E-state index < -0.39 is 5.51 Å². The number of rotatable bonds is 4. The minimum absolute atomic E-state index is 0.0690. The highest BCUT2D eigenvalue weighted by Gasteiger charge is 2.28. The maximum absolute atomic E-state index is 11.7. The van der Waals surface area contributed by atoms with Crippen molar-refractivity contribution < 1.29 is 18.0 Å². The van der Waals surface area contributed by atoms with Crippen LogP contribution in [0.1, 0.15) is 6.42 Å². The Morgan fingerprint density at radius 2 is 2.27 bits per heavy atom. The number of nitrogens with one attached hydrogen (secondary N) is 2. The lowest BCUT2D eigenvalue weighted by molar-refractivity contribution is -0.124. The standard InChI is InChI=1S/C8H13F3N2OS/c9-8(10,11)15-4-3-13-7(14)6-1-2-12-5-6/h6,12H,1-5H2,(H,13,14). The molecule has 88 valence electrons. The molecule has 0 saturated carbocycles. The summed E-state index contributed by atoms with van der Waals surface area (Å²) in [6.07, 6.45) is 0.762. The van der Waals surface area contributed by atoms with Crippen molar-refractivity contribution in [1.82, 2.24) is 10.6 Å². The Morgan fingerprint density at radius 1 is 1.53 bits per heavy atom. The second-order valence-corrected chi connectivity index (χ2v) is 4.43. The fourth-order valence-corrected chi connectivity index (χ4v) is 1.80. The van der Waals surface area contributed by atoms with E-state index >= 15 is 0 Å². The van der Waals surface area contributed by atoms with Crippen molar-refractivity contribution >= 4 is 17.7 Å². The van der Waals surface area contributed by atoms with Crippen molar-refractivity contribution in [2.24, 2.45) is 5.92 Å². The maximum atomic E-state index is 11.7. The van der Waals surface area contributed by atoms with E-state index in [0.29, 0.717) is 6.54 Å². The van der Waals surface area contributed by atoms with Crippen LogP contribution >= 0.6 is 11.8 Å². The zero-order valence-electron chi connectivity index (χ0n) is 8.06. The molecule has 1 saturated heterocycles. The van der Waals surface area contributed by atoms with Gasteiger partial charge in [0.2, 0.25) is 5.91 Å². The average Bonchev–Trinajstić information content (AvgIpc) is 2.63. The molecule has 3 nitrogen and oxygen atoms in total. The summed E-state index contributed by atoms with van der Waals surface area (Å²) in [4.78, 5) is 11.3. The van der Waals surface area contributed by atoms with Gasteiger partial charge in [0, 0.05) is 18.8 Å². The normalized spacial score (nSPS) is 21.7. The van der Waals surface area contributed by atoms with E-state index in [1.165, 1.54) is 0 Å². The molecule has 7 heteroatoms. The van der Waals surface area contributed by atoms with Crippen molar-refractivity contribution in [2.45, 2.75) is 11.9 Å². The SMILES string of the molecule is O=C(NCCSC(F)(F)F)C1CCNC1. The first-order valence-electron chi connectivity index (χ1n) is 4.68. The minimum Gasteiger partial charge on any atom is -0.355 e. The summed E-state index contributed by atoms with van der Waals surface area (Å²) in [6, 6.07) is 0. The summed E-state index contributed by atoms with van der Waals surface area (Å²) in [6.45, 7) is 1.49. The summed E-state index contributed by atoms with van der Waals surface area (Å²) in [7, 11) is 0. The van der Waals surface area contributed by atoms with E-state index in [9.17, 15) is 18.0 Å². The van der Waals surface area contributed by atoms with Crippen LogP contribution in [0.5, 0.6) is 0 Å². The van der Waals surface area contributed by atoms with Crippen molar-refractivity contribution in [3.8, 4) is 0 Å². The molecule has 1 unspecified atom stereocenters. The van der Waals surface area contributed by atoms with E-state index in [0.717, 1.165) is 13.0 Å². The van der Waals surface area contributed by atoms with Crippen LogP contribution in [0.15, 0.2) is 0 Å². The zero-order chi connectivity index (χ0) is 11.3. The summed E-state index contributed by atoms with van der Waals surface area (Å²) in [5.74, 6) is -0.362. The van der Waals surface area contributed by atoms with E-state index in [1.807, 2.05) is 0 Å². The van der Waals surface area contributed by atoms with Crippen molar-refractivity contribution in [1.29, 1.82) is 0 Å². The quantitative estimate of drug-likeness (QED) is 0.722. The smallest absolute Gasteiger partial charge is 0.355 e. The Balaban J connectivity index is 2.07. The zero-order valence-corrected chi connectivity index (χ0v) is 8.88. The molecular weight excluding hydrogens is 229 g/mol. The van der Waals surface area contributed by atoms with Crippen LogP contribution in [0.3, 0.4) is 0 Å². The average molecular weight is 242 g/mol. The van der Waals surface area contributed by atoms with E-state index in [-0.39, 0.29) is 35.9 Å². The van der Waals surface area contributed by atoms with Gasteiger partial charge in [-0.3, -0.25) is 4.79 Å². The van der Waals surface area contributed by atoms with Gasteiger partial charge in [-0.15, -0.1) is 0 Å². The highest BCUT2D eigenvalue weighted by Crippen LogP contribution is 2.29. The monoisotopic (exact) mass is 242 g/mol. The first-order chi connectivity index (χ1) is 6.99. The predicted molar refractivity (Wildman–Crippen MR) is 52.5 cm³/mol. The number of hydrogen-bond acceptors (Lipinski definition) is 3. The molecule has 1 heterocycles. The molecule has 0 spiro atoms. The molecule has 0 aromatic rings. The number of carbonyl (C=O) groups is 1. The highest BCUT2D eigenvalue weighted by molar-refractivity contribution is 8.00. The number of thioether (sulfide) groups is 1. The topological polar surface area (TPSA) is 41.1 Å². The Labute approximate surface area is 90.2 Å². The Hall–Kier alpha value is -0.430. The van der Waals surface area contributed by atoms with E-state index in [1.54, 1.807) is 0 Å². The third kappa shape index (κ3) is 5.27. The number of carbonyl (C=O) groups excluding carboxylic acids is 1. The molecule has 1 fully saturated rings. The first kappa shape index (κ1) is 12.6. The molecule has 0 radical (unpaired) electrons. The van der Waals surface area contributed by atoms with Gasteiger partial charge >= 0.3 is 5.51 Å². The van der Waals surface area contributed by atoms with Gasteiger partial charge in [0.05, 0.1) is 5.92 Å². The van der Waals surface area contributed by atoms with Gasteiger partial charge in [-0.05, 0) is 24.7 Å². The van der Waals surface area contributed by atoms with Crippen LogP contribution in [-0.2, 0) is 4.79 Å². The Bertz CT molecular complexity index is 216. The molecule has 1 atom stereocenters. The molecule has 15 heavy (non-hydrogen) atoms. The third-order valence-electron chi connectivity index (χ3n) is 2.10. The van der Waals surface area contributed by atoms with Gasteiger partial charge in [-0.25, -0.2) is 0 Å². The number of alkyl halides is 3. The number of amides is 1. The van der Waals surface area contributed by atoms with Crippen LogP contribution in [0.2, 0.25) is 0 Å². The molecule has 1 amide bonds. The van der Waals surface area contributed by atoms with Gasteiger partial charge in [-0.1, -0.05) is 0 Å². The minimum atomic E-state index is -4.21. The van der Waals surface area contributed by atoms with Crippen molar-refractivity contribution in [3.63, 3.8) is 0 Å². The van der Waals surface area contributed by atoms with E-state index in [2.05, 4.69) is 10.6 Å². The summed E-state index contributed by atoms with van der Waals surface area (Å²) < 4.78 is 35.2. The van der Waals surface area contributed by atoms with Crippen LogP contribution in [-0.4, -0.2) is 36.8 Å². The lowest BCUT2D eigenvalue weighted by Gasteiger charge is -2.10. The predicted octanol–water partition coefficient (Wildman–Crippen LogP) is 0.965. The fraction of sp³-hybridized carbons (Fsp3) is 0.875. The number of hydrogen-bond donors (Lipinski definition) is 2. The largest absolute Gasteiger partial charge is 0.441 e. The molecule has 2 N–H and O–H groups in total.